The number of amides is 1. The lowest BCUT2D eigenvalue weighted by Gasteiger charge is -2.05. The molecule has 0 unspecified atom stereocenters. The summed E-state index contributed by atoms with van der Waals surface area (Å²) in [5, 5.41) is 11.4. The van der Waals surface area contributed by atoms with Crippen LogP contribution < -0.4 is 5.32 Å². The number of carbonyl (C=O) groups is 1. The molecule has 7 heteroatoms. The number of fused-ring (bicyclic) bond motifs is 1. The first-order valence-corrected chi connectivity index (χ1v) is 6.09. The Labute approximate surface area is 114 Å². The number of aryl methyl sites for hydroxylation is 3. The number of aromatic nitrogens is 4. The minimum atomic E-state index is -0.259. The molecule has 3 aromatic heterocycles. The minimum Gasteiger partial charge on any atom is -0.363 e. The second-order valence-corrected chi connectivity index (χ2v) is 4.56. The zero-order chi connectivity index (χ0) is 14.3. The normalized spacial score (nSPS) is 10.9. The Morgan fingerprint density at radius 3 is 2.90 bits per heavy atom. The Bertz CT molecular complexity index is 789. The number of hydrogen-bond donors (Lipinski definition) is 1. The van der Waals surface area contributed by atoms with Crippen molar-refractivity contribution < 1.29 is 9.32 Å². The maximum absolute atomic E-state index is 12.4. The predicted octanol–water partition coefficient (Wildman–Crippen LogP) is 1.83. The number of hydrogen-bond acceptors (Lipinski definition) is 5. The highest BCUT2D eigenvalue weighted by Crippen LogP contribution is 2.22. The molecule has 0 bridgehead atoms. The summed E-state index contributed by atoms with van der Waals surface area (Å²) in [7, 11) is 1.81. The minimum absolute atomic E-state index is 0.259. The first kappa shape index (κ1) is 12.3. The van der Waals surface area contributed by atoms with E-state index in [1.807, 2.05) is 13.8 Å². The molecule has 3 heterocycles. The summed E-state index contributed by atoms with van der Waals surface area (Å²) in [6, 6.07) is 3.33. The van der Waals surface area contributed by atoms with E-state index in [-0.39, 0.29) is 5.91 Å². The van der Waals surface area contributed by atoms with Crippen molar-refractivity contribution in [3.05, 3.63) is 35.3 Å². The van der Waals surface area contributed by atoms with Crippen LogP contribution in [0.3, 0.4) is 0 Å². The van der Waals surface area contributed by atoms with Crippen LogP contribution in [0.25, 0.3) is 11.0 Å². The van der Waals surface area contributed by atoms with Crippen molar-refractivity contribution in [2.45, 2.75) is 13.8 Å². The molecule has 0 saturated heterocycles. The van der Waals surface area contributed by atoms with E-state index in [1.54, 1.807) is 23.9 Å². The summed E-state index contributed by atoms with van der Waals surface area (Å²) >= 11 is 0. The number of rotatable bonds is 2. The van der Waals surface area contributed by atoms with Crippen LogP contribution in [0, 0.1) is 13.8 Å². The van der Waals surface area contributed by atoms with E-state index in [9.17, 15) is 4.79 Å². The lowest BCUT2D eigenvalue weighted by molar-refractivity contribution is 0.102. The largest absolute Gasteiger partial charge is 0.363 e. The predicted molar refractivity (Wildman–Crippen MR) is 72.4 cm³/mol. The average molecular weight is 271 g/mol. The van der Waals surface area contributed by atoms with Crippen molar-refractivity contribution in [1.82, 2.24) is 19.9 Å². The molecule has 1 amide bonds. The van der Waals surface area contributed by atoms with Gasteiger partial charge >= 0.3 is 0 Å². The molecule has 102 valence electrons. The number of nitrogens with one attached hydrogen (secondary N) is 1. The van der Waals surface area contributed by atoms with Crippen LogP contribution in [0.2, 0.25) is 0 Å². The highest BCUT2D eigenvalue weighted by molar-refractivity contribution is 6.12. The topological polar surface area (TPSA) is 85.8 Å². The lowest BCUT2D eigenvalue weighted by atomic mass is 10.1. The molecule has 0 saturated carbocycles. The SMILES string of the molecule is Cc1cc(C(=O)Nc2ccon2)c2c(C)nn(C)c2n1. The molecule has 3 aromatic rings. The summed E-state index contributed by atoms with van der Waals surface area (Å²) in [5.41, 5.74) is 2.74. The van der Waals surface area contributed by atoms with E-state index in [0.29, 0.717) is 17.0 Å². The van der Waals surface area contributed by atoms with Gasteiger partial charge in [0, 0.05) is 18.8 Å². The van der Waals surface area contributed by atoms with Crippen LogP contribution >= 0.6 is 0 Å². The quantitative estimate of drug-likeness (QED) is 0.768. The summed E-state index contributed by atoms with van der Waals surface area (Å²) in [4.78, 5) is 16.8. The molecule has 0 atom stereocenters. The third kappa shape index (κ3) is 1.93. The van der Waals surface area contributed by atoms with Crippen LogP contribution in [-0.4, -0.2) is 25.8 Å². The molecule has 0 aromatic carbocycles. The van der Waals surface area contributed by atoms with Gasteiger partial charge in [0.15, 0.2) is 11.5 Å². The molecule has 0 spiro atoms. The summed E-state index contributed by atoms with van der Waals surface area (Å²) in [6.45, 7) is 3.70. The van der Waals surface area contributed by atoms with Crippen molar-refractivity contribution in [1.29, 1.82) is 0 Å². The fraction of sp³-hybridized carbons (Fsp3) is 0.231. The molecule has 20 heavy (non-hydrogen) atoms. The van der Waals surface area contributed by atoms with E-state index in [2.05, 4.69) is 20.6 Å². The van der Waals surface area contributed by atoms with Gasteiger partial charge in [-0.15, -0.1) is 0 Å². The second-order valence-electron chi connectivity index (χ2n) is 4.56. The molecule has 3 rings (SSSR count). The molecule has 0 aliphatic rings. The smallest absolute Gasteiger partial charge is 0.257 e. The fourth-order valence-corrected chi connectivity index (χ4v) is 2.21. The molecular weight excluding hydrogens is 258 g/mol. The first-order valence-electron chi connectivity index (χ1n) is 6.09. The number of anilines is 1. The van der Waals surface area contributed by atoms with Gasteiger partial charge in [-0.05, 0) is 19.9 Å². The van der Waals surface area contributed by atoms with Crippen LogP contribution in [-0.2, 0) is 7.05 Å². The molecule has 0 fully saturated rings. The van der Waals surface area contributed by atoms with Crippen molar-refractivity contribution in [2.75, 3.05) is 5.32 Å². The van der Waals surface area contributed by atoms with E-state index in [4.69, 9.17) is 4.52 Å². The fourth-order valence-electron chi connectivity index (χ4n) is 2.21. The molecule has 7 nitrogen and oxygen atoms in total. The van der Waals surface area contributed by atoms with Gasteiger partial charge in [0.1, 0.15) is 6.26 Å². The van der Waals surface area contributed by atoms with Crippen molar-refractivity contribution in [3.8, 4) is 0 Å². The Kier molecular flexibility index (Phi) is 2.74. The standard InChI is InChI=1S/C13H13N5O2/c1-7-6-9(13(19)15-10-4-5-20-17-10)11-8(2)16-18(3)12(11)14-7/h4-6H,1-3H3,(H,15,17,19). The van der Waals surface area contributed by atoms with Crippen molar-refractivity contribution in [3.63, 3.8) is 0 Å². The summed E-state index contributed by atoms with van der Waals surface area (Å²) in [6.07, 6.45) is 1.40. The Morgan fingerprint density at radius 2 is 2.20 bits per heavy atom. The maximum atomic E-state index is 12.4. The van der Waals surface area contributed by atoms with Crippen molar-refractivity contribution >= 4 is 22.8 Å². The van der Waals surface area contributed by atoms with Gasteiger partial charge in [-0.1, -0.05) is 5.16 Å². The van der Waals surface area contributed by atoms with Gasteiger partial charge in [-0.2, -0.15) is 5.10 Å². The van der Waals surface area contributed by atoms with Gasteiger partial charge in [-0.3, -0.25) is 9.48 Å². The zero-order valence-corrected chi connectivity index (χ0v) is 11.3. The Morgan fingerprint density at radius 1 is 1.40 bits per heavy atom. The van der Waals surface area contributed by atoms with Gasteiger partial charge in [0.2, 0.25) is 0 Å². The monoisotopic (exact) mass is 271 g/mol. The van der Waals surface area contributed by atoms with Crippen LogP contribution in [0.5, 0.6) is 0 Å². The van der Waals surface area contributed by atoms with Crippen LogP contribution in [0.4, 0.5) is 5.82 Å². The second kappa shape index (κ2) is 4.44. The van der Waals surface area contributed by atoms with Crippen LogP contribution in [0.1, 0.15) is 21.7 Å². The van der Waals surface area contributed by atoms with Gasteiger partial charge in [0.05, 0.1) is 16.6 Å². The lowest BCUT2D eigenvalue weighted by Crippen LogP contribution is -2.13. The molecule has 1 N–H and O–H groups in total. The molecule has 0 aliphatic heterocycles. The molecule has 0 radical (unpaired) electrons. The van der Waals surface area contributed by atoms with E-state index in [1.165, 1.54) is 6.26 Å². The van der Waals surface area contributed by atoms with Crippen molar-refractivity contribution in [2.24, 2.45) is 7.05 Å². The Balaban J connectivity index is 2.13. The first-order chi connectivity index (χ1) is 9.56. The average Bonchev–Trinajstić information content (AvgIpc) is 2.98. The van der Waals surface area contributed by atoms with Gasteiger partial charge in [0.25, 0.3) is 5.91 Å². The Hall–Kier alpha value is -2.70. The van der Waals surface area contributed by atoms with Gasteiger partial charge in [-0.25, -0.2) is 4.98 Å². The third-order valence-electron chi connectivity index (χ3n) is 3.02. The summed E-state index contributed by atoms with van der Waals surface area (Å²) in [5.74, 6) is 0.115. The highest BCUT2D eigenvalue weighted by atomic mass is 16.5. The van der Waals surface area contributed by atoms with Crippen LogP contribution in [0.15, 0.2) is 22.9 Å². The van der Waals surface area contributed by atoms with E-state index in [0.717, 1.165) is 16.8 Å². The number of pyridine rings is 1. The zero-order valence-electron chi connectivity index (χ0n) is 11.3. The van der Waals surface area contributed by atoms with E-state index >= 15 is 0 Å². The van der Waals surface area contributed by atoms with Gasteiger partial charge < -0.3 is 9.84 Å². The molecule has 0 aliphatic carbocycles. The maximum Gasteiger partial charge on any atom is 0.257 e. The summed E-state index contributed by atoms with van der Waals surface area (Å²) < 4.78 is 6.37. The number of carbonyl (C=O) groups excluding carboxylic acids is 1. The third-order valence-corrected chi connectivity index (χ3v) is 3.02. The van der Waals surface area contributed by atoms with E-state index < -0.39 is 0 Å². The number of nitrogens with zero attached hydrogens (tertiary/aromatic N) is 4. The molecular formula is C13H13N5O2. The highest BCUT2D eigenvalue weighted by Gasteiger charge is 2.18.